The number of benzene rings is 2. The second-order valence-electron chi connectivity index (χ2n) is 2.85. The van der Waals surface area contributed by atoms with Gasteiger partial charge in [0.15, 0.2) is 0 Å². The minimum atomic E-state index is 1.32. The van der Waals surface area contributed by atoms with Crippen molar-refractivity contribution in [3.8, 4) is 0 Å². The molecule has 0 unspecified atom stereocenters. The largest absolute Gasteiger partial charge is 0.0683 e. The van der Waals surface area contributed by atoms with Gasteiger partial charge < -0.3 is 0 Å². The van der Waals surface area contributed by atoms with E-state index in [-0.39, 0.29) is 0 Å². The molecule has 2 rings (SSSR count). The molecular formula is C17H28. The Balaban J connectivity index is 0. The predicted octanol–water partition coefficient (Wildman–Crippen LogP) is 6.23. The molecule has 0 fully saturated rings. The van der Waals surface area contributed by atoms with Crippen LogP contribution in [0.5, 0.6) is 0 Å². The topological polar surface area (TPSA) is 0 Å². The van der Waals surface area contributed by atoms with Crippen molar-refractivity contribution < 1.29 is 0 Å². The zero-order valence-corrected chi connectivity index (χ0v) is 12.5. The van der Waals surface area contributed by atoms with Crippen LogP contribution in [0, 0.1) is 6.92 Å². The molecule has 0 bridgehead atoms. The summed E-state index contributed by atoms with van der Waals surface area (Å²) in [6, 6.07) is 14.9. The summed E-state index contributed by atoms with van der Waals surface area (Å²) in [5.41, 5.74) is 1.32. The fourth-order valence-corrected chi connectivity index (χ4v) is 1.31. The van der Waals surface area contributed by atoms with Crippen molar-refractivity contribution in [2.75, 3.05) is 0 Å². The van der Waals surface area contributed by atoms with Crippen molar-refractivity contribution in [3.63, 3.8) is 0 Å². The quantitative estimate of drug-likeness (QED) is 0.505. The summed E-state index contributed by atoms with van der Waals surface area (Å²) in [4.78, 5) is 0. The molecule has 0 nitrogen and oxygen atoms in total. The first-order valence-corrected chi connectivity index (χ1v) is 6.82. The summed E-state index contributed by atoms with van der Waals surface area (Å²) in [6.07, 6.45) is 0. The van der Waals surface area contributed by atoms with Gasteiger partial charge in [-0.25, -0.2) is 0 Å². The summed E-state index contributed by atoms with van der Waals surface area (Å²) in [6.45, 7) is 14.1. The van der Waals surface area contributed by atoms with Crippen LogP contribution in [-0.4, -0.2) is 0 Å². The Kier molecular flexibility index (Phi) is 13.6. The first-order valence-electron chi connectivity index (χ1n) is 6.82. The van der Waals surface area contributed by atoms with Gasteiger partial charge in [0.2, 0.25) is 0 Å². The van der Waals surface area contributed by atoms with Crippen LogP contribution in [0.3, 0.4) is 0 Å². The number of hydrogen-bond acceptors (Lipinski definition) is 0. The first kappa shape index (κ1) is 18.1. The van der Waals surface area contributed by atoms with E-state index in [0.717, 1.165) is 0 Å². The molecule has 0 atom stereocenters. The first-order chi connectivity index (χ1) is 8.36. The van der Waals surface area contributed by atoms with Crippen LogP contribution in [0.2, 0.25) is 0 Å². The molecule has 0 radical (unpaired) electrons. The number of aryl methyl sites for hydroxylation is 1. The summed E-state index contributed by atoms with van der Waals surface area (Å²) in [5.74, 6) is 0. The Morgan fingerprint density at radius 3 is 1.59 bits per heavy atom. The van der Waals surface area contributed by atoms with Crippen LogP contribution < -0.4 is 0 Å². The smallest absolute Gasteiger partial charge is 0.0181 e. The lowest BCUT2D eigenvalue weighted by Gasteiger charge is -1.96. The average molecular weight is 232 g/mol. The van der Waals surface area contributed by atoms with Crippen LogP contribution in [0.4, 0.5) is 0 Å². The van der Waals surface area contributed by atoms with Crippen LogP contribution in [0.15, 0.2) is 42.5 Å². The van der Waals surface area contributed by atoms with Gasteiger partial charge in [0.1, 0.15) is 0 Å². The predicted molar refractivity (Wildman–Crippen MR) is 82.7 cm³/mol. The number of rotatable bonds is 0. The lowest BCUT2D eigenvalue weighted by molar-refractivity contribution is 1.50. The zero-order chi connectivity index (χ0) is 13.7. The third-order valence-corrected chi connectivity index (χ3v) is 1.90. The third kappa shape index (κ3) is 6.78. The fraction of sp³-hybridized carbons (Fsp3) is 0.412. The van der Waals surface area contributed by atoms with Gasteiger partial charge in [-0.1, -0.05) is 89.6 Å². The molecule has 0 aliphatic carbocycles. The van der Waals surface area contributed by atoms with E-state index in [1.54, 1.807) is 0 Å². The molecule has 0 heteroatoms. The molecule has 0 amide bonds. The van der Waals surface area contributed by atoms with E-state index < -0.39 is 0 Å². The van der Waals surface area contributed by atoms with Gasteiger partial charge in [-0.15, -0.1) is 0 Å². The van der Waals surface area contributed by atoms with E-state index in [9.17, 15) is 0 Å². The van der Waals surface area contributed by atoms with E-state index in [2.05, 4.69) is 49.4 Å². The highest BCUT2D eigenvalue weighted by atomic mass is 13.9. The number of fused-ring (bicyclic) bond motifs is 1. The van der Waals surface area contributed by atoms with Crippen molar-refractivity contribution in [3.05, 3.63) is 48.0 Å². The van der Waals surface area contributed by atoms with Crippen molar-refractivity contribution >= 4 is 10.8 Å². The molecule has 0 saturated heterocycles. The molecule has 0 N–H and O–H groups in total. The summed E-state index contributed by atoms with van der Waals surface area (Å²) >= 11 is 0. The summed E-state index contributed by atoms with van der Waals surface area (Å²) in [7, 11) is 0. The fourth-order valence-electron chi connectivity index (χ4n) is 1.31. The van der Waals surface area contributed by atoms with Gasteiger partial charge >= 0.3 is 0 Å². The monoisotopic (exact) mass is 232 g/mol. The third-order valence-electron chi connectivity index (χ3n) is 1.90. The minimum absolute atomic E-state index is 1.32. The highest BCUT2D eigenvalue weighted by molar-refractivity contribution is 5.82. The molecule has 0 aliphatic rings. The molecule has 17 heavy (non-hydrogen) atoms. The van der Waals surface area contributed by atoms with E-state index in [1.165, 1.54) is 16.3 Å². The van der Waals surface area contributed by atoms with E-state index in [0.29, 0.717) is 0 Å². The molecule has 2 aromatic carbocycles. The maximum Gasteiger partial charge on any atom is -0.0181 e. The van der Waals surface area contributed by atoms with Crippen molar-refractivity contribution in [2.45, 2.75) is 48.5 Å². The summed E-state index contributed by atoms with van der Waals surface area (Å²) in [5, 5.41) is 2.64. The average Bonchev–Trinajstić information content (AvgIpc) is 2.45. The van der Waals surface area contributed by atoms with Gasteiger partial charge in [0.05, 0.1) is 0 Å². The second-order valence-corrected chi connectivity index (χ2v) is 2.85. The Bertz CT molecular complexity index is 374. The van der Waals surface area contributed by atoms with Crippen molar-refractivity contribution in [2.24, 2.45) is 0 Å². The molecule has 96 valence electrons. The molecule has 0 heterocycles. The molecular weight excluding hydrogens is 204 g/mol. The van der Waals surface area contributed by atoms with Crippen molar-refractivity contribution in [1.29, 1.82) is 0 Å². The van der Waals surface area contributed by atoms with E-state index in [1.807, 2.05) is 41.5 Å². The van der Waals surface area contributed by atoms with E-state index >= 15 is 0 Å². The maximum atomic E-state index is 2.20. The van der Waals surface area contributed by atoms with Gasteiger partial charge in [-0.05, 0) is 17.7 Å². The Morgan fingerprint density at radius 2 is 1.06 bits per heavy atom. The molecule has 0 spiro atoms. The van der Waals surface area contributed by atoms with Gasteiger partial charge in [0, 0.05) is 0 Å². The van der Waals surface area contributed by atoms with E-state index in [4.69, 9.17) is 0 Å². The number of hydrogen-bond donors (Lipinski definition) is 0. The van der Waals surface area contributed by atoms with Crippen LogP contribution in [0.25, 0.3) is 10.8 Å². The SMILES string of the molecule is CC.CC.CC.Cc1ccc2ccccc2c1. The molecule has 0 aliphatic heterocycles. The lowest BCUT2D eigenvalue weighted by Crippen LogP contribution is -1.73. The highest BCUT2D eigenvalue weighted by Gasteiger charge is 1.89. The lowest BCUT2D eigenvalue weighted by atomic mass is 10.1. The highest BCUT2D eigenvalue weighted by Crippen LogP contribution is 2.14. The van der Waals surface area contributed by atoms with Gasteiger partial charge in [-0.3, -0.25) is 0 Å². The van der Waals surface area contributed by atoms with Gasteiger partial charge in [-0.2, -0.15) is 0 Å². The maximum absolute atomic E-state index is 2.20. The Hall–Kier alpha value is -1.30. The summed E-state index contributed by atoms with van der Waals surface area (Å²) < 4.78 is 0. The Labute approximate surface area is 108 Å². The van der Waals surface area contributed by atoms with Crippen LogP contribution in [0.1, 0.15) is 47.1 Å². The van der Waals surface area contributed by atoms with Gasteiger partial charge in [0.25, 0.3) is 0 Å². The second kappa shape index (κ2) is 12.8. The molecule has 0 aromatic heterocycles. The Morgan fingerprint density at radius 1 is 0.588 bits per heavy atom. The van der Waals surface area contributed by atoms with Crippen molar-refractivity contribution in [1.82, 2.24) is 0 Å². The zero-order valence-electron chi connectivity index (χ0n) is 12.5. The molecule has 2 aromatic rings. The normalized spacial score (nSPS) is 7.71. The molecule has 0 saturated carbocycles. The van der Waals surface area contributed by atoms with Crippen LogP contribution >= 0.6 is 0 Å². The minimum Gasteiger partial charge on any atom is -0.0683 e. The van der Waals surface area contributed by atoms with Crippen LogP contribution in [-0.2, 0) is 0 Å². The standard InChI is InChI=1S/C11H10.3C2H6/c1-9-6-7-10-4-2-3-5-11(10)8-9;3*1-2/h2-8H,1H3;3*1-2H3.